The normalized spacial score (nSPS) is 12.4. The number of imide groups is 1. The predicted molar refractivity (Wildman–Crippen MR) is 204 cm³/mol. The third kappa shape index (κ3) is 4.81. The molecule has 0 atom stereocenters. The fourth-order valence-corrected chi connectivity index (χ4v) is 7.33. The van der Waals surface area contributed by atoms with E-state index in [-0.39, 0.29) is 22.7 Å². The Morgan fingerprint density at radius 1 is 0.423 bits per heavy atom. The summed E-state index contributed by atoms with van der Waals surface area (Å²) in [7, 11) is 0. The first-order chi connectivity index (χ1) is 25.5. The van der Waals surface area contributed by atoms with Crippen molar-refractivity contribution in [1.29, 1.82) is 0 Å². The molecule has 9 rings (SSSR count). The molecule has 6 nitrogen and oxygen atoms in total. The van der Waals surface area contributed by atoms with Crippen LogP contribution >= 0.6 is 0 Å². The summed E-state index contributed by atoms with van der Waals surface area (Å²) in [5, 5.41) is 1.48. The van der Waals surface area contributed by atoms with Crippen molar-refractivity contribution in [1.82, 2.24) is 4.57 Å². The molecule has 0 saturated carbocycles. The Hall–Kier alpha value is -7.18. The molecule has 1 aliphatic heterocycles. The summed E-state index contributed by atoms with van der Waals surface area (Å²) in [4.78, 5) is 58.4. The van der Waals surface area contributed by atoms with Gasteiger partial charge in [-0.05, 0) is 47.5 Å². The van der Waals surface area contributed by atoms with Gasteiger partial charge in [-0.2, -0.15) is 0 Å². The number of carbonyl (C=O) groups is 4. The molecule has 0 spiro atoms. The van der Waals surface area contributed by atoms with Crippen LogP contribution in [0.2, 0.25) is 0 Å². The van der Waals surface area contributed by atoms with Gasteiger partial charge in [0.2, 0.25) is 0 Å². The van der Waals surface area contributed by atoms with Gasteiger partial charge in [0.1, 0.15) is 0 Å². The Balaban J connectivity index is 1.29. The third-order valence-electron chi connectivity index (χ3n) is 9.74. The second-order valence-electron chi connectivity index (χ2n) is 12.7. The lowest BCUT2D eigenvalue weighted by molar-refractivity contribution is 0.0924. The van der Waals surface area contributed by atoms with Gasteiger partial charge in [0, 0.05) is 33.0 Å². The summed E-state index contributed by atoms with van der Waals surface area (Å²) < 4.78 is 1.84. The molecule has 8 aromatic rings. The molecule has 0 saturated heterocycles. The lowest BCUT2D eigenvalue weighted by atomic mass is 9.99. The van der Waals surface area contributed by atoms with E-state index in [1.807, 2.05) is 108 Å². The lowest BCUT2D eigenvalue weighted by Crippen LogP contribution is -2.29. The van der Waals surface area contributed by atoms with Gasteiger partial charge in [-0.3, -0.25) is 19.2 Å². The quantitative estimate of drug-likeness (QED) is 0.125. The van der Waals surface area contributed by atoms with Gasteiger partial charge >= 0.3 is 0 Å². The average molecular weight is 673 g/mol. The number of hydrogen-bond donors (Lipinski definition) is 0. The average Bonchev–Trinajstić information content (AvgIpc) is 3.69. The van der Waals surface area contributed by atoms with Gasteiger partial charge in [0.05, 0.1) is 33.5 Å². The molecule has 2 amide bonds. The number of amides is 2. The maximum absolute atomic E-state index is 14.6. The van der Waals surface area contributed by atoms with Crippen molar-refractivity contribution in [3.05, 3.63) is 203 Å². The SMILES string of the molecule is O=C(c1ccccc1)c1cccc2c3cccc(C(=O)c4ccccc4)c3n(-c3cccc4c3C(=O)N(c3ccc(-c5ccccc5)cc3)C4=O)c12. The monoisotopic (exact) mass is 672 g/mol. The highest BCUT2D eigenvalue weighted by Gasteiger charge is 2.40. The first kappa shape index (κ1) is 30.8. The van der Waals surface area contributed by atoms with E-state index in [4.69, 9.17) is 0 Å². The van der Waals surface area contributed by atoms with Gasteiger partial charge < -0.3 is 4.57 Å². The maximum Gasteiger partial charge on any atom is 0.268 e. The Kier molecular flexibility index (Phi) is 7.30. The van der Waals surface area contributed by atoms with Crippen molar-refractivity contribution in [3.8, 4) is 16.8 Å². The summed E-state index contributed by atoms with van der Waals surface area (Å²) in [6, 6.07) is 51.4. The zero-order valence-electron chi connectivity index (χ0n) is 27.7. The molecule has 0 radical (unpaired) electrons. The van der Waals surface area contributed by atoms with E-state index in [1.165, 1.54) is 4.90 Å². The molecule has 7 aromatic carbocycles. The molecule has 1 aromatic heterocycles. The van der Waals surface area contributed by atoms with Gasteiger partial charge in [0.25, 0.3) is 11.8 Å². The number of nitrogens with zero attached hydrogens (tertiary/aromatic N) is 2. The van der Waals surface area contributed by atoms with Crippen LogP contribution in [0.4, 0.5) is 5.69 Å². The molecule has 246 valence electrons. The molecule has 6 heteroatoms. The minimum atomic E-state index is -0.489. The summed E-state index contributed by atoms with van der Waals surface area (Å²) >= 11 is 0. The third-order valence-corrected chi connectivity index (χ3v) is 9.74. The molecule has 52 heavy (non-hydrogen) atoms. The second-order valence-corrected chi connectivity index (χ2v) is 12.7. The summed E-state index contributed by atoms with van der Waals surface area (Å²) in [6.07, 6.45) is 0. The Morgan fingerprint density at radius 2 is 0.904 bits per heavy atom. The van der Waals surface area contributed by atoms with Gasteiger partial charge in [-0.15, -0.1) is 0 Å². The van der Waals surface area contributed by atoms with Crippen LogP contribution < -0.4 is 4.90 Å². The molecule has 2 heterocycles. The first-order valence-electron chi connectivity index (χ1n) is 16.9. The van der Waals surface area contributed by atoms with Crippen LogP contribution in [-0.4, -0.2) is 27.9 Å². The standard InChI is InChI=1S/C46H28N2O4/c49-43(31-15-6-2-7-16-31)37-22-10-19-34-35-20-11-23-38(44(50)32-17-8-3-9-18-32)42(35)48(41(34)37)39-24-12-21-36-40(39)46(52)47(45(36)51)33-27-25-30(26-28-33)29-13-4-1-5-14-29/h1-28H. The minimum absolute atomic E-state index is 0.197. The van der Waals surface area contributed by atoms with Crippen molar-refractivity contribution in [3.63, 3.8) is 0 Å². The number of benzene rings is 7. The van der Waals surface area contributed by atoms with Crippen LogP contribution in [0.3, 0.4) is 0 Å². The van der Waals surface area contributed by atoms with Gasteiger partial charge in [-0.1, -0.05) is 133 Å². The van der Waals surface area contributed by atoms with Crippen LogP contribution in [0.25, 0.3) is 38.6 Å². The summed E-state index contributed by atoms with van der Waals surface area (Å²) in [5.41, 5.74) is 6.15. The Morgan fingerprint density at radius 3 is 1.44 bits per heavy atom. The molecule has 1 aliphatic rings. The highest BCUT2D eigenvalue weighted by molar-refractivity contribution is 6.36. The molecular formula is C46H28N2O4. The highest BCUT2D eigenvalue weighted by Crippen LogP contribution is 2.41. The number of ketones is 2. The number of carbonyl (C=O) groups excluding carboxylic acids is 4. The second kappa shape index (κ2) is 12.3. The minimum Gasteiger partial charge on any atom is -0.307 e. The van der Waals surface area contributed by atoms with Crippen molar-refractivity contribution in [2.45, 2.75) is 0 Å². The topological polar surface area (TPSA) is 76.5 Å². The van der Waals surface area contributed by atoms with E-state index in [0.29, 0.717) is 44.7 Å². The van der Waals surface area contributed by atoms with E-state index in [2.05, 4.69) is 0 Å². The number of fused-ring (bicyclic) bond motifs is 4. The van der Waals surface area contributed by atoms with Crippen molar-refractivity contribution < 1.29 is 19.2 Å². The number of para-hydroxylation sites is 2. The molecular weight excluding hydrogens is 645 g/mol. The molecule has 0 bridgehead atoms. The predicted octanol–water partition coefficient (Wildman–Crippen LogP) is 9.71. The van der Waals surface area contributed by atoms with E-state index >= 15 is 0 Å². The number of anilines is 1. The van der Waals surface area contributed by atoms with Crippen molar-refractivity contribution in [2.24, 2.45) is 0 Å². The van der Waals surface area contributed by atoms with Crippen LogP contribution in [0.1, 0.15) is 52.6 Å². The van der Waals surface area contributed by atoms with E-state index in [1.54, 1.807) is 66.7 Å². The van der Waals surface area contributed by atoms with E-state index < -0.39 is 11.8 Å². The number of aromatic nitrogens is 1. The highest BCUT2D eigenvalue weighted by atomic mass is 16.2. The largest absolute Gasteiger partial charge is 0.307 e. The maximum atomic E-state index is 14.6. The van der Waals surface area contributed by atoms with Gasteiger partial charge in [0.15, 0.2) is 11.6 Å². The van der Waals surface area contributed by atoms with Crippen molar-refractivity contribution in [2.75, 3.05) is 4.90 Å². The van der Waals surface area contributed by atoms with Crippen LogP contribution in [-0.2, 0) is 0 Å². The summed E-state index contributed by atoms with van der Waals surface area (Å²) in [6.45, 7) is 0. The first-order valence-corrected chi connectivity index (χ1v) is 16.9. The number of rotatable bonds is 7. The van der Waals surface area contributed by atoms with Crippen LogP contribution in [0.5, 0.6) is 0 Å². The van der Waals surface area contributed by atoms with Crippen molar-refractivity contribution >= 4 is 50.9 Å². The Labute approximate surface area is 298 Å². The van der Waals surface area contributed by atoms with E-state index in [0.717, 1.165) is 21.9 Å². The fraction of sp³-hybridized carbons (Fsp3) is 0. The fourth-order valence-electron chi connectivity index (χ4n) is 7.33. The zero-order chi connectivity index (χ0) is 35.3. The molecule has 0 N–H and O–H groups in total. The lowest BCUT2D eigenvalue weighted by Gasteiger charge is -2.16. The molecule has 0 fully saturated rings. The van der Waals surface area contributed by atoms with E-state index in [9.17, 15) is 19.2 Å². The van der Waals surface area contributed by atoms with Gasteiger partial charge in [-0.25, -0.2) is 4.90 Å². The van der Waals surface area contributed by atoms with Crippen LogP contribution in [0, 0.1) is 0 Å². The number of hydrogen-bond acceptors (Lipinski definition) is 4. The zero-order valence-corrected chi connectivity index (χ0v) is 27.7. The molecule has 0 aliphatic carbocycles. The smallest absolute Gasteiger partial charge is 0.268 e. The Bertz CT molecular complexity index is 2620. The summed E-state index contributed by atoms with van der Waals surface area (Å²) in [5.74, 6) is -1.35. The molecule has 0 unspecified atom stereocenters. The van der Waals surface area contributed by atoms with Crippen LogP contribution in [0.15, 0.2) is 170 Å².